The normalized spacial score (nSPS) is 13.3. The molecule has 1 amide bonds. The highest BCUT2D eigenvalue weighted by Crippen LogP contribution is 2.21. The Kier molecular flexibility index (Phi) is 4.35. The second-order valence-corrected chi connectivity index (χ2v) is 6.12. The first kappa shape index (κ1) is 16.3. The van der Waals surface area contributed by atoms with Crippen LogP contribution in [0.5, 0.6) is 5.88 Å². The van der Waals surface area contributed by atoms with Crippen molar-refractivity contribution in [2.24, 2.45) is 0 Å². The van der Waals surface area contributed by atoms with Crippen molar-refractivity contribution < 1.29 is 9.53 Å². The fourth-order valence-electron chi connectivity index (χ4n) is 3.06. The van der Waals surface area contributed by atoms with Crippen LogP contribution in [0, 0.1) is 0 Å². The van der Waals surface area contributed by atoms with Gasteiger partial charge in [-0.3, -0.25) is 9.89 Å². The number of carbonyl (C=O) groups is 1. The summed E-state index contributed by atoms with van der Waals surface area (Å²) in [6.45, 7) is 3.75. The number of amides is 1. The van der Waals surface area contributed by atoms with E-state index in [4.69, 9.17) is 4.74 Å². The monoisotopic (exact) mass is 349 g/mol. The first-order valence-corrected chi connectivity index (χ1v) is 8.62. The van der Waals surface area contributed by atoms with Gasteiger partial charge in [0.15, 0.2) is 0 Å². The summed E-state index contributed by atoms with van der Waals surface area (Å²) in [5.41, 5.74) is 4.53. The van der Waals surface area contributed by atoms with Crippen LogP contribution in [0.4, 0.5) is 0 Å². The number of benzene rings is 1. The molecule has 4 rings (SSSR count). The summed E-state index contributed by atoms with van der Waals surface area (Å²) in [5, 5.41) is 15.2. The third-order valence-electron chi connectivity index (χ3n) is 4.45. The smallest absolute Gasteiger partial charge is 0.254 e. The lowest BCUT2D eigenvalue weighted by Gasteiger charge is -2.26. The number of rotatable bonds is 4. The molecule has 1 N–H and O–H groups in total. The Morgan fingerprint density at radius 2 is 2.04 bits per heavy atom. The SMILES string of the molecule is CCOc1ccc(-c2ccc(C(=O)N3CCc4[nH]ncc4C3)cc2)nn1. The third-order valence-corrected chi connectivity index (χ3v) is 4.45. The predicted molar refractivity (Wildman–Crippen MR) is 95.7 cm³/mol. The van der Waals surface area contributed by atoms with Crippen LogP contribution in [0.25, 0.3) is 11.3 Å². The van der Waals surface area contributed by atoms with Crippen LogP contribution in [0.3, 0.4) is 0 Å². The lowest BCUT2D eigenvalue weighted by molar-refractivity contribution is 0.0734. The molecule has 1 aromatic carbocycles. The highest BCUT2D eigenvalue weighted by atomic mass is 16.5. The molecule has 7 heteroatoms. The molecule has 0 fully saturated rings. The van der Waals surface area contributed by atoms with Crippen molar-refractivity contribution >= 4 is 5.91 Å². The van der Waals surface area contributed by atoms with E-state index in [0.29, 0.717) is 31.1 Å². The van der Waals surface area contributed by atoms with Crippen molar-refractivity contribution in [2.45, 2.75) is 19.9 Å². The fourth-order valence-corrected chi connectivity index (χ4v) is 3.06. The van der Waals surface area contributed by atoms with Crippen molar-refractivity contribution in [3.63, 3.8) is 0 Å². The van der Waals surface area contributed by atoms with E-state index >= 15 is 0 Å². The summed E-state index contributed by atoms with van der Waals surface area (Å²) in [6.07, 6.45) is 2.60. The summed E-state index contributed by atoms with van der Waals surface area (Å²) in [5.74, 6) is 0.535. The number of fused-ring (bicyclic) bond motifs is 1. The van der Waals surface area contributed by atoms with Gasteiger partial charge in [-0.05, 0) is 25.1 Å². The zero-order valence-corrected chi connectivity index (χ0v) is 14.5. The predicted octanol–water partition coefficient (Wildman–Crippen LogP) is 2.46. The van der Waals surface area contributed by atoms with Gasteiger partial charge in [-0.15, -0.1) is 10.2 Å². The minimum Gasteiger partial charge on any atom is -0.477 e. The van der Waals surface area contributed by atoms with Crippen molar-refractivity contribution in [3.05, 3.63) is 59.4 Å². The Hall–Kier alpha value is -3.22. The van der Waals surface area contributed by atoms with Gasteiger partial charge in [-0.1, -0.05) is 12.1 Å². The van der Waals surface area contributed by atoms with Crippen LogP contribution >= 0.6 is 0 Å². The van der Waals surface area contributed by atoms with Gasteiger partial charge in [0.2, 0.25) is 5.88 Å². The maximum Gasteiger partial charge on any atom is 0.254 e. The molecule has 0 bridgehead atoms. The highest BCUT2D eigenvalue weighted by molar-refractivity contribution is 5.94. The number of nitrogens with one attached hydrogen (secondary N) is 1. The lowest BCUT2D eigenvalue weighted by Crippen LogP contribution is -2.35. The summed E-state index contributed by atoms with van der Waals surface area (Å²) < 4.78 is 5.30. The highest BCUT2D eigenvalue weighted by Gasteiger charge is 2.22. The molecule has 0 atom stereocenters. The third kappa shape index (κ3) is 3.15. The number of hydrogen-bond acceptors (Lipinski definition) is 5. The van der Waals surface area contributed by atoms with Crippen molar-refractivity contribution in [1.29, 1.82) is 0 Å². The molecule has 0 saturated heterocycles. The van der Waals surface area contributed by atoms with E-state index in [2.05, 4.69) is 20.4 Å². The largest absolute Gasteiger partial charge is 0.477 e. The Balaban J connectivity index is 1.48. The average molecular weight is 349 g/mol. The number of carbonyl (C=O) groups excluding carboxylic acids is 1. The Labute approximate surface area is 151 Å². The molecule has 0 saturated carbocycles. The Morgan fingerprint density at radius 1 is 1.19 bits per heavy atom. The van der Waals surface area contributed by atoms with Gasteiger partial charge < -0.3 is 9.64 Å². The van der Waals surface area contributed by atoms with Gasteiger partial charge in [-0.2, -0.15) is 5.10 Å². The molecular weight excluding hydrogens is 330 g/mol. The quantitative estimate of drug-likeness (QED) is 0.782. The first-order valence-electron chi connectivity index (χ1n) is 8.62. The summed E-state index contributed by atoms with van der Waals surface area (Å²) in [6, 6.07) is 11.1. The molecule has 132 valence electrons. The molecular formula is C19H19N5O2. The second-order valence-electron chi connectivity index (χ2n) is 6.12. The Bertz CT molecular complexity index is 902. The molecule has 0 spiro atoms. The molecule has 1 aliphatic heterocycles. The minimum atomic E-state index is 0.0289. The van der Waals surface area contributed by atoms with Crippen molar-refractivity contribution in [1.82, 2.24) is 25.3 Å². The maximum absolute atomic E-state index is 12.7. The molecule has 0 aliphatic carbocycles. The van der Waals surface area contributed by atoms with Crippen LogP contribution in [0.2, 0.25) is 0 Å². The summed E-state index contributed by atoms with van der Waals surface area (Å²) in [4.78, 5) is 14.6. The van der Waals surface area contributed by atoms with Crippen molar-refractivity contribution in [3.8, 4) is 17.1 Å². The second kappa shape index (κ2) is 6.95. The minimum absolute atomic E-state index is 0.0289. The molecule has 1 aliphatic rings. The first-order chi connectivity index (χ1) is 12.7. The number of aromatic nitrogens is 4. The van der Waals surface area contributed by atoms with Crippen molar-refractivity contribution in [2.75, 3.05) is 13.2 Å². The van der Waals surface area contributed by atoms with Gasteiger partial charge >= 0.3 is 0 Å². The average Bonchev–Trinajstić information content (AvgIpc) is 3.16. The Morgan fingerprint density at radius 3 is 2.77 bits per heavy atom. The zero-order chi connectivity index (χ0) is 17.9. The molecule has 26 heavy (non-hydrogen) atoms. The lowest BCUT2D eigenvalue weighted by atomic mass is 10.1. The van der Waals surface area contributed by atoms with Gasteiger partial charge in [0, 0.05) is 48.0 Å². The molecule has 3 aromatic rings. The van der Waals surface area contributed by atoms with Crippen LogP contribution in [-0.4, -0.2) is 44.4 Å². The number of ether oxygens (including phenoxy) is 1. The topological polar surface area (TPSA) is 84.0 Å². The van der Waals surface area contributed by atoms with E-state index in [1.165, 1.54) is 0 Å². The van der Waals surface area contributed by atoms with E-state index in [9.17, 15) is 4.79 Å². The van der Waals surface area contributed by atoms with Crippen LogP contribution in [0.15, 0.2) is 42.6 Å². The molecule has 3 heterocycles. The van der Waals surface area contributed by atoms with Gasteiger partial charge in [0.1, 0.15) is 0 Å². The van der Waals surface area contributed by atoms with Gasteiger partial charge in [0.25, 0.3) is 5.91 Å². The standard InChI is InChI=1S/C19H19N5O2/c1-2-26-18-8-7-16(22-23-18)13-3-5-14(6-4-13)19(25)24-10-9-17-15(12-24)11-20-21-17/h3-8,11H,2,9-10,12H2,1H3,(H,20,21). The number of aromatic amines is 1. The van der Waals surface area contributed by atoms with E-state index in [0.717, 1.165) is 28.9 Å². The maximum atomic E-state index is 12.7. The molecule has 2 aromatic heterocycles. The molecule has 7 nitrogen and oxygen atoms in total. The zero-order valence-electron chi connectivity index (χ0n) is 14.5. The van der Waals surface area contributed by atoms with Gasteiger partial charge in [-0.25, -0.2) is 0 Å². The molecule has 0 unspecified atom stereocenters. The summed E-state index contributed by atoms with van der Waals surface area (Å²) >= 11 is 0. The van der Waals surface area contributed by atoms with Crippen LogP contribution in [-0.2, 0) is 13.0 Å². The van der Waals surface area contributed by atoms with E-state index in [1.54, 1.807) is 12.3 Å². The number of hydrogen-bond donors (Lipinski definition) is 1. The number of H-pyrrole nitrogens is 1. The van der Waals surface area contributed by atoms with Gasteiger partial charge in [0.05, 0.1) is 18.5 Å². The van der Waals surface area contributed by atoms with E-state index < -0.39 is 0 Å². The van der Waals surface area contributed by atoms with E-state index in [1.807, 2.05) is 42.2 Å². The van der Waals surface area contributed by atoms with Crippen LogP contribution < -0.4 is 4.74 Å². The molecule has 0 radical (unpaired) electrons. The number of nitrogens with zero attached hydrogens (tertiary/aromatic N) is 4. The summed E-state index contributed by atoms with van der Waals surface area (Å²) in [7, 11) is 0. The fraction of sp³-hybridized carbons (Fsp3) is 0.263. The van der Waals surface area contributed by atoms with Crippen LogP contribution in [0.1, 0.15) is 28.5 Å². The van der Waals surface area contributed by atoms with E-state index in [-0.39, 0.29) is 5.91 Å².